The van der Waals surface area contributed by atoms with Gasteiger partial charge in [0.1, 0.15) is 16.4 Å². The first-order valence-corrected chi connectivity index (χ1v) is 14.7. The standard InChI is InChI=1S/C28H29N7O5S/c1-16-9-10-29-26(30-16)21-12-22(21)27(36)32-23-11-20(6-7-24(23)41(39,40)33-28(37)38)34(2)14-19-15-35-13-18(17-3-4-17)5-8-25(35)31-19/h5-11,13,15,17,21-22,33H,3-4,12,14H2,1-2H3,(H,32,36)(H,37,38)/t21-,22-/m0/s1. The minimum atomic E-state index is -4.46. The number of carbonyl (C=O) groups excluding carboxylic acids is 1. The van der Waals surface area contributed by atoms with Gasteiger partial charge in [0.2, 0.25) is 5.91 Å². The third kappa shape index (κ3) is 5.71. The molecular formula is C28H29N7O5S. The molecule has 41 heavy (non-hydrogen) atoms. The number of amides is 2. The number of pyridine rings is 1. The fourth-order valence-electron chi connectivity index (χ4n) is 5.03. The highest BCUT2D eigenvalue weighted by atomic mass is 32.2. The Kier molecular flexibility index (Phi) is 6.60. The number of sulfonamides is 1. The van der Waals surface area contributed by atoms with E-state index in [1.807, 2.05) is 35.5 Å². The number of carbonyl (C=O) groups is 2. The zero-order chi connectivity index (χ0) is 28.9. The van der Waals surface area contributed by atoms with Gasteiger partial charge in [-0.05, 0) is 68.0 Å². The van der Waals surface area contributed by atoms with Crippen molar-refractivity contribution in [2.24, 2.45) is 5.92 Å². The highest BCUT2D eigenvalue weighted by Crippen LogP contribution is 2.47. The van der Waals surface area contributed by atoms with E-state index >= 15 is 0 Å². The maximum absolute atomic E-state index is 13.2. The summed E-state index contributed by atoms with van der Waals surface area (Å²) in [6, 6.07) is 10.3. The Balaban J connectivity index is 1.24. The average molecular weight is 576 g/mol. The Hall–Kier alpha value is -4.52. The second-order valence-corrected chi connectivity index (χ2v) is 12.3. The number of benzene rings is 1. The van der Waals surface area contributed by atoms with E-state index in [1.165, 1.54) is 30.5 Å². The van der Waals surface area contributed by atoms with Crippen LogP contribution < -0.4 is 14.9 Å². The third-order valence-corrected chi connectivity index (χ3v) is 8.80. The number of anilines is 2. The maximum atomic E-state index is 13.2. The van der Waals surface area contributed by atoms with Crippen LogP contribution in [0.4, 0.5) is 16.2 Å². The second kappa shape index (κ2) is 10.1. The van der Waals surface area contributed by atoms with Crippen molar-refractivity contribution >= 4 is 39.0 Å². The molecule has 2 saturated carbocycles. The monoisotopic (exact) mass is 575 g/mol. The lowest BCUT2D eigenvalue weighted by Crippen LogP contribution is -2.30. The molecule has 0 saturated heterocycles. The molecule has 1 aromatic carbocycles. The van der Waals surface area contributed by atoms with Crippen LogP contribution in [0.25, 0.3) is 5.65 Å². The van der Waals surface area contributed by atoms with Crippen molar-refractivity contribution in [3.05, 3.63) is 77.8 Å². The molecule has 2 fully saturated rings. The van der Waals surface area contributed by atoms with Crippen molar-refractivity contribution in [1.29, 1.82) is 0 Å². The molecule has 0 spiro atoms. The number of aryl methyl sites for hydroxylation is 1. The van der Waals surface area contributed by atoms with Gasteiger partial charge in [-0.1, -0.05) is 6.07 Å². The predicted octanol–water partition coefficient (Wildman–Crippen LogP) is 3.65. The smallest absolute Gasteiger partial charge is 0.418 e. The predicted molar refractivity (Wildman–Crippen MR) is 150 cm³/mol. The van der Waals surface area contributed by atoms with Crippen LogP contribution >= 0.6 is 0 Å². The molecule has 0 unspecified atom stereocenters. The molecule has 12 nitrogen and oxygen atoms in total. The molecule has 3 aromatic heterocycles. The zero-order valence-electron chi connectivity index (χ0n) is 22.5. The van der Waals surface area contributed by atoms with Crippen molar-refractivity contribution in [1.82, 2.24) is 24.1 Å². The minimum Gasteiger partial charge on any atom is -0.464 e. The van der Waals surface area contributed by atoms with Crippen LogP contribution in [0.2, 0.25) is 0 Å². The minimum absolute atomic E-state index is 0.0204. The lowest BCUT2D eigenvalue weighted by Gasteiger charge is -2.21. The molecule has 6 rings (SSSR count). The Bertz CT molecular complexity index is 1780. The molecule has 13 heteroatoms. The highest BCUT2D eigenvalue weighted by molar-refractivity contribution is 7.90. The molecule has 0 radical (unpaired) electrons. The van der Waals surface area contributed by atoms with Gasteiger partial charge >= 0.3 is 6.09 Å². The summed E-state index contributed by atoms with van der Waals surface area (Å²) in [7, 11) is -2.63. The summed E-state index contributed by atoms with van der Waals surface area (Å²) in [5.41, 5.74) is 4.33. The van der Waals surface area contributed by atoms with Crippen LogP contribution in [-0.4, -0.2) is 51.9 Å². The molecule has 0 bridgehead atoms. The van der Waals surface area contributed by atoms with E-state index in [1.54, 1.807) is 23.1 Å². The molecule has 3 N–H and O–H groups in total. The molecular weight excluding hydrogens is 546 g/mol. The van der Waals surface area contributed by atoms with Crippen molar-refractivity contribution in [3.8, 4) is 0 Å². The topological polar surface area (TPSA) is 159 Å². The Labute approximate surface area is 236 Å². The number of imidazole rings is 1. The second-order valence-electron chi connectivity index (χ2n) is 10.7. The first kappa shape index (κ1) is 26.7. The summed E-state index contributed by atoms with van der Waals surface area (Å²) in [6.07, 6.45) is 6.95. The van der Waals surface area contributed by atoms with E-state index in [2.05, 4.69) is 27.5 Å². The van der Waals surface area contributed by atoms with Crippen molar-refractivity contribution in [3.63, 3.8) is 0 Å². The van der Waals surface area contributed by atoms with E-state index in [9.17, 15) is 18.0 Å². The van der Waals surface area contributed by atoms with Gasteiger partial charge in [-0.15, -0.1) is 0 Å². The number of fused-ring (bicyclic) bond motifs is 1. The van der Waals surface area contributed by atoms with Crippen LogP contribution in [0.5, 0.6) is 0 Å². The van der Waals surface area contributed by atoms with E-state index in [4.69, 9.17) is 10.1 Å². The van der Waals surface area contributed by atoms with Gasteiger partial charge in [-0.2, -0.15) is 0 Å². The first-order chi connectivity index (χ1) is 19.6. The molecule has 2 atom stereocenters. The molecule has 212 valence electrons. The van der Waals surface area contributed by atoms with E-state index in [0.29, 0.717) is 30.4 Å². The number of carboxylic acid groups (broad SMARTS) is 1. The van der Waals surface area contributed by atoms with Gasteiger partial charge in [0.15, 0.2) is 0 Å². The van der Waals surface area contributed by atoms with Gasteiger partial charge < -0.3 is 19.7 Å². The van der Waals surface area contributed by atoms with Gasteiger partial charge in [0, 0.05) is 48.9 Å². The number of nitrogens with zero attached hydrogens (tertiary/aromatic N) is 5. The Morgan fingerprint density at radius 1 is 1.12 bits per heavy atom. The Morgan fingerprint density at radius 2 is 1.93 bits per heavy atom. The fourth-order valence-corrected chi connectivity index (χ4v) is 6.02. The molecule has 2 aliphatic rings. The number of aromatic nitrogens is 4. The molecule has 2 aliphatic carbocycles. The number of hydrogen-bond acceptors (Lipinski definition) is 8. The number of hydrogen-bond donors (Lipinski definition) is 3. The van der Waals surface area contributed by atoms with Gasteiger partial charge in [-0.25, -0.2) is 32.9 Å². The van der Waals surface area contributed by atoms with Crippen LogP contribution in [0.1, 0.15) is 53.9 Å². The molecule has 2 amide bonds. The summed E-state index contributed by atoms with van der Waals surface area (Å²) < 4.78 is 29.2. The number of rotatable bonds is 9. The van der Waals surface area contributed by atoms with E-state index < -0.39 is 27.9 Å². The third-order valence-electron chi connectivity index (χ3n) is 7.42. The Morgan fingerprint density at radius 3 is 2.66 bits per heavy atom. The van der Waals surface area contributed by atoms with Crippen LogP contribution in [0, 0.1) is 12.8 Å². The fraction of sp³-hybridized carbons (Fsp3) is 0.321. The van der Waals surface area contributed by atoms with E-state index in [0.717, 1.165) is 17.0 Å². The lowest BCUT2D eigenvalue weighted by molar-refractivity contribution is -0.117. The van der Waals surface area contributed by atoms with Crippen LogP contribution in [-0.2, 0) is 21.4 Å². The maximum Gasteiger partial charge on any atom is 0.418 e. The van der Waals surface area contributed by atoms with E-state index in [-0.39, 0.29) is 16.5 Å². The summed E-state index contributed by atoms with van der Waals surface area (Å²) >= 11 is 0. The lowest BCUT2D eigenvalue weighted by atomic mass is 10.2. The molecule has 4 aromatic rings. The normalized spacial score (nSPS) is 18.2. The quantitative estimate of drug-likeness (QED) is 0.271. The van der Waals surface area contributed by atoms with Crippen molar-refractivity contribution < 1.29 is 23.1 Å². The summed E-state index contributed by atoms with van der Waals surface area (Å²) in [5.74, 6) is 0.199. The van der Waals surface area contributed by atoms with Gasteiger partial charge in [0.05, 0.1) is 17.9 Å². The largest absolute Gasteiger partial charge is 0.464 e. The first-order valence-electron chi connectivity index (χ1n) is 13.3. The molecule has 3 heterocycles. The van der Waals surface area contributed by atoms with Crippen LogP contribution in [0.3, 0.4) is 0 Å². The van der Waals surface area contributed by atoms with Gasteiger partial charge in [-0.3, -0.25) is 4.79 Å². The van der Waals surface area contributed by atoms with Crippen LogP contribution in [0.15, 0.2) is 59.9 Å². The van der Waals surface area contributed by atoms with Gasteiger partial charge in [0.25, 0.3) is 10.0 Å². The molecule has 0 aliphatic heterocycles. The zero-order valence-corrected chi connectivity index (χ0v) is 23.3. The SMILES string of the molecule is Cc1ccnc([C@H]2C[C@@H]2C(=O)Nc2cc(N(C)Cc3cn4cc(C5CC5)ccc4n3)ccc2S(=O)(=O)NC(=O)O)n1. The summed E-state index contributed by atoms with van der Waals surface area (Å²) in [6.45, 7) is 2.26. The highest BCUT2D eigenvalue weighted by Gasteiger charge is 2.46. The average Bonchev–Trinajstić information content (AvgIpc) is 3.84. The van der Waals surface area contributed by atoms with Crippen molar-refractivity contribution in [2.75, 3.05) is 17.3 Å². The summed E-state index contributed by atoms with van der Waals surface area (Å²) in [4.78, 5) is 39.2. The van der Waals surface area contributed by atoms with Crippen molar-refractivity contribution in [2.45, 2.75) is 49.5 Å². The summed E-state index contributed by atoms with van der Waals surface area (Å²) in [5, 5.41) is 11.8. The number of nitrogens with one attached hydrogen (secondary N) is 2.